The number of nitrogens with zero attached hydrogens (tertiary/aromatic N) is 5. The summed E-state index contributed by atoms with van der Waals surface area (Å²) in [6.45, 7) is 0. The average molecular weight is 351 g/mol. The molecule has 10 heteroatoms. The Balaban J connectivity index is 2.25. The largest absolute Gasteiger partial charge is 0.476 e. The number of nitrogen functional groups attached to an aromatic ring is 1. The van der Waals surface area contributed by atoms with Crippen molar-refractivity contribution in [1.82, 2.24) is 25.3 Å². The Morgan fingerprint density at radius 2 is 2.00 bits per heavy atom. The van der Waals surface area contributed by atoms with E-state index in [-0.39, 0.29) is 23.0 Å². The Morgan fingerprint density at radius 1 is 1.29 bits per heavy atom. The summed E-state index contributed by atoms with van der Waals surface area (Å²) in [7, 11) is 0. The van der Waals surface area contributed by atoms with E-state index in [0.29, 0.717) is 5.56 Å². The lowest BCUT2D eigenvalue weighted by molar-refractivity contribution is 0.0691. The molecule has 21 heavy (non-hydrogen) atoms. The van der Waals surface area contributed by atoms with Crippen LogP contribution in [-0.4, -0.2) is 36.4 Å². The quantitative estimate of drug-likeness (QED) is 0.723. The molecule has 0 bridgehead atoms. The fraction of sp³-hybridized carbons (Fsp3) is 0. The van der Waals surface area contributed by atoms with Gasteiger partial charge in [0.25, 0.3) is 0 Å². The predicted molar refractivity (Wildman–Crippen MR) is 73.7 cm³/mol. The van der Waals surface area contributed by atoms with E-state index in [0.717, 1.165) is 4.47 Å². The number of anilines is 1. The first-order valence-electron chi connectivity index (χ1n) is 5.61. The molecule has 2 heterocycles. The Bertz CT molecular complexity index is 810. The van der Waals surface area contributed by atoms with Crippen LogP contribution >= 0.6 is 15.9 Å². The summed E-state index contributed by atoms with van der Waals surface area (Å²) in [5, 5.41) is 23.7. The van der Waals surface area contributed by atoms with Crippen molar-refractivity contribution in [2.75, 3.05) is 5.73 Å². The van der Waals surface area contributed by atoms with Crippen LogP contribution in [0.5, 0.6) is 0 Å². The molecule has 0 fully saturated rings. The zero-order valence-electron chi connectivity index (χ0n) is 10.3. The summed E-state index contributed by atoms with van der Waals surface area (Å²) in [5.41, 5.74) is 6.22. The SMILES string of the molecule is Nc1nonc1-n1nnc(C(=O)O)c1-c1ccc(Br)cc1. The number of carbonyl (C=O) groups is 1. The second-order valence-electron chi connectivity index (χ2n) is 3.98. The standard InChI is InChI=1S/C11H7BrN6O3/c12-6-3-1-5(2-4-6)8-7(11(19)20)14-17-18(8)10-9(13)15-21-16-10/h1-4H,(H2,13,15)(H,19,20). The Labute approximate surface area is 125 Å². The Morgan fingerprint density at radius 3 is 2.57 bits per heavy atom. The summed E-state index contributed by atoms with van der Waals surface area (Å²) in [6.07, 6.45) is 0. The smallest absolute Gasteiger partial charge is 0.358 e. The van der Waals surface area contributed by atoms with Gasteiger partial charge in [0.15, 0.2) is 5.69 Å². The van der Waals surface area contributed by atoms with Crippen LogP contribution in [-0.2, 0) is 0 Å². The monoisotopic (exact) mass is 350 g/mol. The number of halogens is 1. The van der Waals surface area contributed by atoms with Gasteiger partial charge >= 0.3 is 5.97 Å². The summed E-state index contributed by atoms with van der Waals surface area (Å²) < 4.78 is 6.54. The van der Waals surface area contributed by atoms with Gasteiger partial charge in [0, 0.05) is 10.0 Å². The van der Waals surface area contributed by atoms with Crippen molar-refractivity contribution in [3.05, 3.63) is 34.4 Å². The molecule has 3 aromatic rings. The van der Waals surface area contributed by atoms with Crippen LogP contribution in [0.3, 0.4) is 0 Å². The third kappa shape index (κ3) is 2.25. The summed E-state index contributed by atoms with van der Waals surface area (Å²) >= 11 is 3.31. The topological polar surface area (TPSA) is 133 Å². The number of hydrogen-bond donors (Lipinski definition) is 2. The van der Waals surface area contributed by atoms with E-state index < -0.39 is 5.97 Å². The predicted octanol–water partition coefficient (Wildman–Crippen LogP) is 1.36. The molecule has 0 aliphatic carbocycles. The highest BCUT2D eigenvalue weighted by Gasteiger charge is 2.24. The normalized spacial score (nSPS) is 10.7. The second kappa shape index (κ2) is 4.98. The molecule has 0 aliphatic heterocycles. The van der Waals surface area contributed by atoms with E-state index in [1.54, 1.807) is 24.3 Å². The minimum Gasteiger partial charge on any atom is -0.476 e. The van der Waals surface area contributed by atoms with Crippen LogP contribution in [0.25, 0.3) is 17.1 Å². The number of rotatable bonds is 3. The summed E-state index contributed by atoms with van der Waals surface area (Å²) in [4.78, 5) is 11.3. The van der Waals surface area contributed by atoms with Crippen molar-refractivity contribution < 1.29 is 14.5 Å². The molecule has 106 valence electrons. The maximum absolute atomic E-state index is 11.3. The highest BCUT2D eigenvalue weighted by molar-refractivity contribution is 9.10. The molecule has 0 atom stereocenters. The zero-order valence-corrected chi connectivity index (χ0v) is 11.9. The number of carboxylic acid groups (broad SMARTS) is 1. The molecule has 0 spiro atoms. The van der Waals surface area contributed by atoms with Crippen LogP contribution in [0.1, 0.15) is 10.5 Å². The van der Waals surface area contributed by atoms with Gasteiger partial charge in [0.2, 0.25) is 11.6 Å². The van der Waals surface area contributed by atoms with E-state index in [1.807, 2.05) is 0 Å². The molecule has 0 aliphatic rings. The van der Waals surface area contributed by atoms with E-state index in [9.17, 15) is 9.90 Å². The number of aromatic carboxylic acids is 1. The highest BCUT2D eigenvalue weighted by Crippen LogP contribution is 2.27. The molecular weight excluding hydrogens is 344 g/mol. The molecule has 2 aromatic heterocycles. The van der Waals surface area contributed by atoms with Gasteiger partial charge in [-0.1, -0.05) is 33.3 Å². The molecule has 1 aromatic carbocycles. The van der Waals surface area contributed by atoms with Crippen molar-refractivity contribution in [2.24, 2.45) is 0 Å². The molecule has 0 unspecified atom stereocenters. The van der Waals surface area contributed by atoms with Gasteiger partial charge in [-0.25, -0.2) is 9.42 Å². The van der Waals surface area contributed by atoms with Crippen molar-refractivity contribution in [3.63, 3.8) is 0 Å². The molecule has 3 N–H and O–H groups in total. The third-order valence-electron chi connectivity index (χ3n) is 2.69. The molecule has 0 radical (unpaired) electrons. The van der Waals surface area contributed by atoms with E-state index in [2.05, 4.69) is 41.2 Å². The fourth-order valence-electron chi connectivity index (χ4n) is 1.78. The molecule has 9 nitrogen and oxygen atoms in total. The van der Waals surface area contributed by atoms with Gasteiger partial charge in [-0.2, -0.15) is 4.68 Å². The number of carboxylic acids is 1. The third-order valence-corrected chi connectivity index (χ3v) is 3.22. The first kappa shape index (κ1) is 13.2. The van der Waals surface area contributed by atoms with Crippen LogP contribution in [0.15, 0.2) is 33.4 Å². The minimum absolute atomic E-state index is 0.0183. The second-order valence-corrected chi connectivity index (χ2v) is 4.90. The lowest BCUT2D eigenvalue weighted by Crippen LogP contribution is -2.05. The van der Waals surface area contributed by atoms with E-state index in [1.165, 1.54) is 4.68 Å². The van der Waals surface area contributed by atoms with Crippen LogP contribution in [0.4, 0.5) is 5.82 Å². The lowest BCUT2D eigenvalue weighted by atomic mass is 10.1. The van der Waals surface area contributed by atoms with Crippen LogP contribution < -0.4 is 5.73 Å². The first-order chi connectivity index (χ1) is 10.1. The molecule has 3 rings (SSSR count). The number of aromatic nitrogens is 5. The number of hydrogen-bond acceptors (Lipinski definition) is 7. The van der Waals surface area contributed by atoms with Crippen molar-refractivity contribution in [2.45, 2.75) is 0 Å². The van der Waals surface area contributed by atoms with E-state index >= 15 is 0 Å². The fourth-order valence-corrected chi connectivity index (χ4v) is 2.04. The maximum atomic E-state index is 11.3. The molecular formula is C11H7BrN6O3. The van der Waals surface area contributed by atoms with Crippen molar-refractivity contribution >= 4 is 27.7 Å². The Kier molecular flexibility index (Phi) is 3.14. The zero-order chi connectivity index (χ0) is 15.0. The summed E-state index contributed by atoms with van der Waals surface area (Å²) in [6, 6.07) is 6.97. The minimum atomic E-state index is -1.21. The first-order valence-corrected chi connectivity index (χ1v) is 6.40. The van der Waals surface area contributed by atoms with Crippen molar-refractivity contribution in [3.8, 4) is 17.1 Å². The molecule has 0 saturated carbocycles. The Hall–Kier alpha value is -2.75. The highest BCUT2D eigenvalue weighted by atomic mass is 79.9. The molecule has 0 amide bonds. The van der Waals surface area contributed by atoms with Gasteiger partial charge in [0.05, 0.1) is 0 Å². The van der Waals surface area contributed by atoms with E-state index in [4.69, 9.17) is 5.73 Å². The van der Waals surface area contributed by atoms with Gasteiger partial charge in [-0.05, 0) is 22.4 Å². The molecule has 0 saturated heterocycles. The summed E-state index contributed by atoms with van der Waals surface area (Å²) in [5.74, 6) is -1.16. The van der Waals surface area contributed by atoms with Gasteiger partial charge < -0.3 is 10.8 Å². The van der Waals surface area contributed by atoms with Gasteiger partial charge in [-0.3, -0.25) is 0 Å². The van der Waals surface area contributed by atoms with Crippen LogP contribution in [0, 0.1) is 0 Å². The average Bonchev–Trinajstić information content (AvgIpc) is 3.05. The number of benzene rings is 1. The van der Waals surface area contributed by atoms with Crippen molar-refractivity contribution in [1.29, 1.82) is 0 Å². The van der Waals surface area contributed by atoms with Gasteiger partial charge in [0.1, 0.15) is 5.69 Å². The number of nitrogens with two attached hydrogens (primary N) is 1. The van der Waals surface area contributed by atoms with Gasteiger partial charge in [-0.15, -0.1) is 5.10 Å². The maximum Gasteiger partial charge on any atom is 0.358 e. The lowest BCUT2D eigenvalue weighted by Gasteiger charge is -2.04. The van der Waals surface area contributed by atoms with Crippen LogP contribution in [0.2, 0.25) is 0 Å².